The van der Waals surface area contributed by atoms with Gasteiger partial charge in [-0.05, 0) is 41.8 Å². The Labute approximate surface area is 179 Å². The largest absolute Gasteiger partial charge is 0.309 e. The number of Topliss-reactive ketones (excluding diaryl/α,β-unsaturated/α-hetero) is 2. The molecule has 7 heteroatoms. The Bertz CT molecular complexity index is 1080. The number of ketones is 2. The van der Waals surface area contributed by atoms with Crippen LogP contribution in [0, 0.1) is 5.92 Å². The maximum absolute atomic E-state index is 13.8. The van der Waals surface area contributed by atoms with E-state index >= 15 is 0 Å². The molecule has 152 valence electrons. The maximum atomic E-state index is 13.8. The van der Waals surface area contributed by atoms with Crippen molar-refractivity contribution in [3.8, 4) is 0 Å². The van der Waals surface area contributed by atoms with Crippen LogP contribution in [0.2, 0.25) is 5.02 Å². The quantitative estimate of drug-likeness (QED) is 0.658. The number of carbonyl (C=O) groups excluding carboxylic acids is 2. The summed E-state index contributed by atoms with van der Waals surface area (Å²) in [5, 5.41) is 8.30. The van der Waals surface area contributed by atoms with Gasteiger partial charge in [0.25, 0.3) is 0 Å². The highest BCUT2D eigenvalue weighted by Crippen LogP contribution is 2.44. The summed E-state index contributed by atoms with van der Waals surface area (Å²) >= 11 is 6.05. The zero-order chi connectivity index (χ0) is 20.7. The van der Waals surface area contributed by atoms with E-state index < -0.39 is 12.0 Å². The van der Waals surface area contributed by atoms with Gasteiger partial charge in [0, 0.05) is 23.4 Å². The zero-order valence-electron chi connectivity index (χ0n) is 16.2. The molecule has 1 saturated carbocycles. The van der Waals surface area contributed by atoms with Crippen LogP contribution in [0.15, 0.2) is 61.2 Å². The molecule has 1 aromatic heterocycles. The van der Waals surface area contributed by atoms with Crippen LogP contribution < -0.4 is 5.32 Å². The number of hydrogen-bond acceptors (Lipinski definition) is 5. The predicted octanol–water partition coefficient (Wildman–Crippen LogP) is 3.30. The lowest BCUT2D eigenvalue weighted by Gasteiger charge is -2.39. The van der Waals surface area contributed by atoms with Crippen molar-refractivity contribution in [1.29, 1.82) is 0 Å². The normalized spacial score (nSPS) is 26.4. The van der Waals surface area contributed by atoms with Gasteiger partial charge < -0.3 is 5.32 Å². The Morgan fingerprint density at radius 2 is 1.87 bits per heavy atom. The number of nitrogens with one attached hydrogen (secondary N) is 1. The molecule has 0 unspecified atom stereocenters. The SMILES string of the molecule is O=C1C[C@H](c2ccc(Cl)cc2)[C@H](n2cncn2)C(=O)[C@@H]1[C@@H]1NCCc2ccccc21. The van der Waals surface area contributed by atoms with Crippen LogP contribution in [0.3, 0.4) is 0 Å². The van der Waals surface area contributed by atoms with Crippen LogP contribution >= 0.6 is 11.6 Å². The van der Waals surface area contributed by atoms with E-state index in [9.17, 15) is 9.59 Å². The van der Waals surface area contributed by atoms with Crippen LogP contribution in [-0.2, 0) is 16.0 Å². The number of benzene rings is 2. The number of hydrogen-bond donors (Lipinski definition) is 1. The summed E-state index contributed by atoms with van der Waals surface area (Å²) in [4.78, 5) is 31.2. The van der Waals surface area contributed by atoms with E-state index in [1.165, 1.54) is 11.9 Å². The molecule has 0 spiro atoms. The van der Waals surface area contributed by atoms with Gasteiger partial charge in [-0.15, -0.1) is 0 Å². The number of aromatic nitrogens is 3. The highest BCUT2D eigenvalue weighted by Gasteiger charge is 2.49. The molecule has 2 heterocycles. The summed E-state index contributed by atoms with van der Waals surface area (Å²) in [5.74, 6) is -1.21. The first-order valence-corrected chi connectivity index (χ1v) is 10.5. The van der Waals surface area contributed by atoms with Crippen LogP contribution in [-0.4, -0.2) is 32.9 Å². The van der Waals surface area contributed by atoms with Gasteiger partial charge in [0.1, 0.15) is 24.5 Å². The third-order valence-corrected chi connectivity index (χ3v) is 6.50. The molecular formula is C23H21ClN4O2. The Balaban J connectivity index is 1.56. The summed E-state index contributed by atoms with van der Waals surface area (Å²) < 4.78 is 1.59. The number of halogens is 1. The van der Waals surface area contributed by atoms with Crippen LogP contribution in [0.4, 0.5) is 0 Å². The molecule has 1 N–H and O–H groups in total. The lowest BCUT2D eigenvalue weighted by molar-refractivity contribution is -0.141. The van der Waals surface area contributed by atoms with Crippen molar-refractivity contribution < 1.29 is 9.59 Å². The number of fused-ring (bicyclic) bond motifs is 1. The summed E-state index contributed by atoms with van der Waals surface area (Å²) in [6.45, 7) is 0.743. The maximum Gasteiger partial charge on any atom is 0.170 e. The second kappa shape index (κ2) is 7.78. The van der Waals surface area contributed by atoms with Gasteiger partial charge in [-0.2, -0.15) is 5.10 Å². The summed E-state index contributed by atoms with van der Waals surface area (Å²) in [7, 11) is 0. The highest BCUT2D eigenvalue weighted by atomic mass is 35.5. The fourth-order valence-corrected chi connectivity index (χ4v) is 4.99. The molecule has 3 aromatic rings. The third kappa shape index (κ3) is 3.26. The van der Waals surface area contributed by atoms with Crippen molar-refractivity contribution in [2.75, 3.05) is 6.54 Å². The molecular weight excluding hydrogens is 400 g/mol. The molecule has 2 aromatic carbocycles. The highest BCUT2D eigenvalue weighted by molar-refractivity contribution is 6.30. The first kappa shape index (κ1) is 19.2. The monoisotopic (exact) mass is 420 g/mol. The first-order chi connectivity index (χ1) is 14.6. The Morgan fingerprint density at radius 1 is 1.07 bits per heavy atom. The van der Waals surface area contributed by atoms with Crippen molar-refractivity contribution in [2.24, 2.45) is 5.92 Å². The van der Waals surface area contributed by atoms with Gasteiger partial charge in [0.15, 0.2) is 5.78 Å². The third-order valence-electron chi connectivity index (χ3n) is 6.25. The molecule has 0 saturated heterocycles. The van der Waals surface area contributed by atoms with Crippen molar-refractivity contribution in [1.82, 2.24) is 20.1 Å². The second-order valence-corrected chi connectivity index (χ2v) is 8.35. The molecule has 0 bridgehead atoms. The zero-order valence-corrected chi connectivity index (χ0v) is 17.0. The minimum Gasteiger partial charge on any atom is -0.309 e. The summed E-state index contributed by atoms with van der Waals surface area (Å²) in [5.41, 5.74) is 3.13. The van der Waals surface area contributed by atoms with Gasteiger partial charge >= 0.3 is 0 Å². The average molecular weight is 421 g/mol. The first-order valence-electron chi connectivity index (χ1n) is 10.1. The van der Waals surface area contributed by atoms with Crippen molar-refractivity contribution in [3.63, 3.8) is 0 Å². The smallest absolute Gasteiger partial charge is 0.170 e. The Hall–Kier alpha value is -2.83. The van der Waals surface area contributed by atoms with E-state index in [-0.39, 0.29) is 29.9 Å². The lowest BCUT2D eigenvalue weighted by Crippen LogP contribution is -2.48. The van der Waals surface area contributed by atoms with E-state index in [0.717, 1.165) is 24.1 Å². The van der Waals surface area contributed by atoms with Crippen LogP contribution in [0.1, 0.15) is 41.1 Å². The molecule has 0 radical (unpaired) electrons. The van der Waals surface area contributed by atoms with Gasteiger partial charge in [-0.1, -0.05) is 48.0 Å². The van der Waals surface area contributed by atoms with Crippen LogP contribution in [0.5, 0.6) is 0 Å². The minimum absolute atomic E-state index is 0.0366. The average Bonchev–Trinajstić information content (AvgIpc) is 3.28. The molecule has 1 aliphatic carbocycles. The molecule has 4 atom stereocenters. The fourth-order valence-electron chi connectivity index (χ4n) is 4.87. The minimum atomic E-state index is -0.746. The molecule has 2 aliphatic rings. The van der Waals surface area contributed by atoms with E-state index in [4.69, 9.17) is 11.6 Å². The van der Waals surface area contributed by atoms with E-state index in [2.05, 4.69) is 21.5 Å². The van der Waals surface area contributed by atoms with E-state index in [0.29, 0.717) is 5.02 Å². The van der Waals surface area contributed by atoms with Gasteiger partial charge in [-0.3, -0.25) is 9.59 Å². The molecule has 30 heavy (non-hydrogen) atoms. The van der Waals surface area contributed by atoms with Crippen molar-refractivity contribution in [2.45, 2.75) is 30.8 Å². The second-order valence-electron chi connectivity index (χ2n) is 7.91. The molecule has 1 aliphatic heterocycles. The predicted molar refractivity (Wildman–Crippen MR) is 112 cm³/mol. The van der Waals surface area contributed by atoms with Gasteiger partial charge in [-0.25, -0.2) is 9.67 Å². The van der Waals surface area contributed by atoms with Gasteiger partial charge in [0.05, 0.1) is 5.92 Å². The molecule has 5 rings (SSSR count). The summed E-state index contributed by atoms with van der Waals surface area (Å²) in [6, 6.07) is 14.5. The van der Waals surface area contributed by atoms with E-state index in [1.54, 1.807) is 23.1 Å². The standard InChI is InChI=1S/C23H21ClN4O2/c24-16-7-5-15(6-8-16)18-11-19(29)20(23(30)22(18)28-13-25-12-27-28)21-17-4-2-1-3-14(17)9-10-26-21/h1-8,12-13,18,20-22,26H,9-11H2/t18-,20+,21-,22+/m1/s1. The van der Waals surface area contributed by atoms with Gasteiger partial charge in [0.2, 0.25) is 0 Å². The summed E-state index contributed by atoms with van der Waals surface area (Å²) in [6.07, 6.45) is 4.14. The lowest BCUT2D eigenvalue weighted by atomic mass is 9.69. The number of nitrogens with zero attached hydrogens (tertiary/aromatic N) is 3. The topological polar surface area (TPSA) is 76.9 Å². The Morgan fingerprint density at radius 3 is 2.63 bits per heavy atom. The van der Waals surface area contributed by atoms with Crippen molar-refractivity contribution in [3.05, 3.63) is 82.9 Å². The molecule has 6 nitrogen and oxygen atoms in total. The van der Waals surface area contributed by atoms with Crippen molar-refractivity contribution >= 4 is 23.2 Å². The molecule has 1 fully saturated rings. The number of rotatable bonds is 3. The number of carbonyl (C=O) groups is 2. The van der Waals surface area contributed by atoms with E-state index in [1.807, 2.05) is 30.3 Å². The van der Waals surface area contributed by atoms with Crippen LogP contribution in [0.25, 0.3) is 0 Å². The Kier molecular flexibility index (Phi) is 4.97. The fraction of sp³-hybridized carbons (Fsp3) is 0.304. The molecule has 0 amide bonds.